The van der Waals surface area contributed by atoms with Gasteiger partial charge >= 0.3 is 0 Å². The highest BCUT2D eigenvalue weighted by Crippen LogP contribution is 2.41. The molecule has 2 unspecified atom stereocenters. The molecule has 4 heteroatoms. The van der Waals surface area contributed by atoms with Gasteiger partial charge in [0.2, 0.25) is 5.91 Å². The molecule has 1 aromatic rings. The van der Waals surface area contributed by atoms with E-state index in [2.05, 4.69) is 5.32 Å². The third-order valence-electron chi connectivity index (χ3n) is 3.18. The van der Waals surface area contributed by atoms with E-state index in [9.17, 15) is 4.79 Å². The zero-order valence-corrected chi connectivity index (χ0v) is 10.6. The maximum absolute atomic E-state index is 11.1. The van der Waals surface area contributed by atoms with E-state index in [0.29, 0.717) is 5.92 Å². The highest BCUT2D eigenvalue weighted by Gasteiger charge is 2.33. The molecule has 1 amide bonds. The van der Waals surface area contributed by atoms with Crippen molar-refractivity contribution in [1.82, 2.24) is 5.32 Å². The summed E-state index contributed by atoms with van der Waals surface area (Å²) in [5.41, 5.74) is 6.46. The third kappa shape index (κ3) is 3.20. The average Bonchev–Trinajstić information content (AvgIpc) is 3.10. The van der Waals surface area contributed by atoms with Crippen LogP contribution < -0.4 is 11.1 Å². The van der Waals surface area contributed by atoms with E-state index >= 15 is 0 Å². The minimum atomic E-state index is -0.315. The zero-order chi connectivity index (χ0) is 12.4. The number of hydrogen-bond donors (Lipinski definition) is 2. The molecule has 3 nitrogen and oxygen atoms in total. The number of amides is 1. The molecule has 2 atom stereocenters. The van der Waals surface area contributed by atoms with Crippen LogP contribution in [0.3, 0.4) is 0 Å². The van der Waals surface area contributed by atoms with Gasteiger partial charge in [0.25, 0.3) is 0 Å². The van der Waals surface area contributed by atoms with Gasteiger partial charge in [0.1, 0.15) is 0 Å². The lowest BCUT2D eigenvalue weighted by Crippen LogP contribution is -2.41. The first-order chi connectivity index (χ1) is 8.08. The maximum atomic E-state index is 11.1. The van der Waals surface area contributed by atoms with Gasteiger partial charge in [-0.05, 0) is 43.4 Å². The van der Waals surface area contributed by atoms with Gasteiger partial charge < -0.3 is 5.73 Å². The summed E-state index contributed by atoms with van der Waals surface area (Å²) in [5, 5.41) is 4.02. The Balaban J connectivity index is 2.12. The van der Waals surface area contributed by atoms with Crippen LogP contribution in [0.25, 0.3) is 0 Å². The number of nitrogens with two attached hydrogens (primary N) is 1. The standard InChI is InChI=1S/C13H17ClN2O/c1-8(13(15)17)16-12(9-2-3-9)10-4-6-11(14)7-5-10/h4-9,12,16H,2-3H2,1H3,(H2,15,17). The highest BCUT2D eigenvalue weighted by atomic mass is 35.5. The molecular formula is C13H17ClN2O. The second kappa shape index (κ2) is 5.07. The van der Waals surface area contributed by atoms with E-state index in [1.54, 1.807) is 6.92 Å². The summed E-state index contributed by atoms with van der Waals surface area (Å²) in [6.07, 6.45) is 2.40. The molecule has 0 spiro atoms. The molecule has 1 saturated carbocycles. The Morgan fingerprint density at radius 2 is 2.00 bits per heavy atom. The van der Waals surface area contributed by atoms with E-state index in [1.807, 2.05) is 24.3 Å². The monoisotopic (exact) mass is 252 g/mol. The number of carbonyl (C=O) groups is 1. The van der Waals surface area contributed by atoms with Crippen LogP contribution in [0.15, 0.2) is 24.3 Å². The van der Waals surface area contributed by atoms with Crippen LogP contribution in [0.2, 0.25) is 5.02 Å². The molecule has 3 N–H and O–H groups in total. The van der Waals surface area contributed by atoms with E-state index < -0.39 is 0 Å². The molecule has 1 fully saturated rings. The average molecular weight is 253 g/mol. The molecule has 0 radical (unpaired) electrons. The van der Waals surface area contributed by atoms with Gasteiger partial charge in [0.05, 0.1) is 6.04 Å². The Labute approximate surface area is 106 Å². The Bertz CT molecular complexity index is 400. The number of carbonyl (C=O) groups excluding carboxylic acids is 1. The summed E-state index contributed by atoms with van der Waals surface area (Å²) in [6.45, 7) is 1.80. The minimum absolute atomic E-state index is 0.203. The number of benzene rings is 1. The summed E-state index contributed by atoms with van der Waals surface area (Å²) in [6, 6.07) is 7.66. The Morgan fingerprint density at radius 3 is 2.47 bits per heavy atom. The van der Waals surface area contributed by atoms with Gasteiger partial charge in [-0.3, -0.25) is 10.1 Å². The molecule has 1 aromatic carbocycles. The summed E-state index contributed by atoms with van der Waals surface area (Å²) in [7, 11) is 0. The molecule has 0 aromatic heterocycles. The second-order valence-electron chi connectivity index (χ2n) is 4.66. The number of nitrogens with one attached hydrogen (secondary N) is 1. The maximum Gasteiger partial charge on any atom is 0.234 e. The van der Waals surface area contributed by atoms with Crippen LogP contribution in [-0.4, -0.2) is 11.9 Å². The Hall–Kier alpha value is -1.06. The van der Waals surface area contributed by atoms with Crippen molar-refractivity contribution in [2.24, 2.45) is 11.7 Å². The van der Waals surface area contributed by atoms with Gasteiger partial charge in [-0.25, -0.2) is 0 Å². The van der Waals surface area contributed by atoms with Gasteiger partial charge in [0.15, 0.2) is 0 Å². The van der Waals surface area contributed by atoms with Gasteiger partial charge in [-0.15, -0.1) is 0 Å². The number of primary amides is 1. The van der Waals surface area contributed by atoms with Crippen LogP contribution >= 0.6 is 11.6 Å². The van der Waals surface area contributed by atoms with Crippen molar-refractivity contribution in [1.29, 1.82) is 0 Å². The number of halogens is 1. The van der Waals surface area contributed by atoms with E-state index in [4.69, 9.17) is 17.3 Å². The lowest BCUT2D eigenvalue weighted by molar-refractivity contribution is -0.119. The molecule has 0 aliphatic heterocycles. The van der Waals surface area contributed by atoms with Crippen molar-refractivity contribution in [2.45, 2.75) is 31.8 Å². The van der Waals surface area contributed by atoms with Crippen LogP contribution in [-0.2, 0) is 4.79 Å². The highest BCUT2D eigenvalue weighted by molar-refractivity contribution is 6.30. The largest absolute Gasteiger partial charge is 0.368 e. The quantitative estimate of drug-likeness (QED) is 0.845. The predicted octanol–water partition coefficient (Wildman–Crippen LogP) is 2.25. The normalized spacial score (nSPS) is 18.7. The summed E-state index contributed by atoms with van der Waals surface area (Å²) < 4.78 is 0. The molecule has 0 saturated heterocycles. The first-order valence-electron chi connectivity index (χ1n) is 5.89. The first-order valence-corrected chi connectivity index (χ1v) is 6.26. The zero-order valence-electron chi connectivity index (χ0n) is 9.82. The lowest BCUT2D eigenvalue weighted by Gasteiger charge is -2.22. The van der Waals surface area contributed by atoms with Crippen molar-refractivity contribution < 1.29 is 4.79 Å². The SMILES string of the molecule is CC(NC(c1ccc(Cl)cc1)C1CC1)C(N)=O. The van der Waals surface area contributed by atoms with Crippen LogP contribution in [0.4, 0.5) is 0 Å². The van der Waals surface area contributed by atoms with E-state index in [1.165, 1.54) is 18.4 Å². The van der Waals surface area contributed by atoms with Crippen molar-refractivity contribution in [3.05, 3.63) is 34.9 Å². The topological polar surface area (TPSA) is 55.1 Å². The van der Waals surface area contributed by atoms with Gasteiger partial charge in [-0.2, -0.15) is 0 Å². The third-order valence-corrected chi connectivity index (χ3v) is 3.43. The Kier molecular flexibility index (Phi) is 3.69. The molecule has 0 bridgehead atoms. The van der Waals surface area contributed by atoms with Crippen molar-refractivity contribution in [3.63, 3.8) is 0 Å². The fourth-order valence-electron chi connectivity index (χ4n) is 1.96. The summed E-state index contributed by atoms with van der Waals surface area (Å²) in [4.78, 5) is 11.1. The molecule has 0 heterocycles. The number of rotatable bonds is 5. The first kappa shape index (κ1) is 12.4. The molecule has 1 aliphatic rings. The predicted molar refractivity (Wildman–Crippen MR) is 68.7 cm³/mol. The van der Waals surface area contributed by atoms with Gasteiger partial charge in [0, 0.05) is 11.1 Å². The lowest BCUT2D eigenvalue weighted by atomic mass is 10.0. The Morgan fingerprint density at radius 1 is 1.41 bits per heavy atom. The fraction of sp³-hybridized carbons (Fsp3) is 0.462. The van der Waals surface area contributed by atoms with Crippen LogP contribution in [0, 0.1) is 5.92 Å². The summed E-state index contributed by atoms with van der Waals surface area (Å²) in [5.74, 6) is 0.294. The van der Waals surface area contributed by atoms with E-state index in [0.717, 1.165) is 5.02 Å². The van der Waals surface area contributed by atoms with Gasteiger partial charge in [-0.1, -0.05) is 23.7 Å². The smallest absolute Gasteiger partial charge is 0.234 e. The second-order valence-corrected chi connectivity index (χ2v) is 5.09. The molecule has 92 valence electrons. The van der Waals surface area contributed by atoms with Crippen molar-refractivity contribution in [2.75, 3.05) is 0 Å². The molecule has 17 heavy (non-hydrogen) atoms. The summed E-state index contributed by atoms with van der Waals surface area (Å²) >= 11 is 5.87. The van der Waals surface area contributed by atoms with Crippen LogP contribution in [0.5, 0.6) is 0 Å². The fourth-order valence-corrected chi connectivity index (χ4v) is 2.08. The van der Waals surface area contributed by atoms with E-state index in [-0.39, 0.29) is 18.0 Å². The van der Waals surface area contributed by atoms with Crippen molar-refractivity contribution >= 4 is 17.5 Å². The molecule has 2 rings (SSSR count). The van der Waals surface area contributed by atoms with Crippen molar-refractivity contribution in [3.8, 4) is 0 Å². The number of hydrogen-bond acceptors (Lipinski definition) is 2. The molecule has 1 aliphatic carbocycles. The van der Waals surface area contributed by atoms with Crippen LogP contribution in [0.1, 0.15) is 31.4 Å². The minimum Gasteiger partial charge on any atom is -0.368 e. The molecular weight excluding hydrogens is 236 g/mol.